The van der Waals surface area contributed by atoms with Crippen LogP contribution in [0.2, 0.25) is 0 Å². The average Bonchev–Trinajstić information content (AvgIpc) is 2.72. The number of ether oxygens (including phenoxy) is 1. The molecule has 6 heteroatoms. The van der Waals surface area contributed by atoms with E-state index in [1.165, 1.54) is 4.88 Å². The van der Waals surface area contributed by atoms with Crippen molar-refractivity contribution in [2.75, 3.05) is 26.2 Å². The fourth-order valence-corrected chi connectivity index (χ4v) is 2.90. The summed E-state index contributed by atoms with van der Waals surface area (Å²) in [4.78, 5) is 18.5. The van der Waals surface area contributed by atoms with Gasteiger partial charge in [-0.2, -0.15) is 0 Å². The highest BCUT2D eigenvalue weighted by atomic mass is 32.1. The van der Waals surface area contributed by atoms with Crippen LogP contribution in [0.5, 0.6) is 0 Å². The summed E-state index contributed by atoms with van der Waals surface area (Å²) in [5.41, 5.74) is 2.98. The number of thiazole rings is 1. The molecule has 1 unspecified atom stereocenters. The Morgan fingerprint density at radius 1 is 1.72 bits per heavy atom. The summed E-state index contributed by atoms with van der Waals surface area (Å²) in [5, 5.41) is 8.76. The van der Waals surface area contributed by atoms with Crippen molar-refractivity contribution < 1.29 is 14.6 Å². The molecule has 1 aliphatic heterocycles. The number of hydrogen-bond donors (Lipinski definition) is 1. The predicted octanol–water partition coefficient (Wildman–Crippen LogP) is 1.17. The highest BCUT2D eigenvalue weighted by Crippen LogP contribution is 2.15. The Bertz CT molecular complexity index is 408. The third kappa shape index (κ3) is 3.76. The number of rotatable bonds is 5. The first-order valence-corrected chi connectivity index (χ1v) is 6.98. The second-order valence-corrected chi connectivity index (χ2v) is 5.44. The quantitative estimate of drug-likeness (QED) is 0.870. The molecule has 1 saturated heterocycles. The highest BCUT2D eigenvalue weighted by Gasteiger charge is 2.22. The normalized spacial score (nSPS) is 21.1. The van der Waals surface area contributed by atoms with Crippen molar-refractivity contribution in [3.8, 4) is 0 Å². The molecule has 1 aliphatic rings. The smallest absolute Gasteiger partial charge is 0.306 e. The Kier molecular flexibility index (Phi) is 4.68. The van der Waals surface area contributed by atoms with Gasteiger partial charge in [-0.05, 0) is 13.3 Å². The Labute approximate surface area is 110 Å². The molecule has 100 valence electrons. The van der Waals surface area contributed by atoms with Gasteiger partial charge in [0, 0.05) is 24.5 Å². The van der Waals surface area contributed by atoms with E-state index in [0.717, 1.165) is 25.2 Å². The Balaban J connectivity index is 1.79. The zero-order valence-corrected chi connectivity index (χ0v) is 11.3. The van der Waals surface area contributed by atoms with Crippen LogP contribution in [-0.2, 0) is 16.0 Å². The molecule has 2 rings (SSSR count). The lowest BCUT2D eigenvalue weighted by molar-refractivity contribution is -0.142. The molecule has 0 saturated carbocycles. The molecule has 0 spiro atoms. The van der Waals surface area contributed by atoms with Gasteiger partial charge in [0.25, 0.3) is 0 Å². The largest absolute Gasteiger partial charge is 0.481 e. The van der Waals surface area contributed by atoms with Crippen molar-refractivity contribution in [2.24, 2.45) is 0 Å². The Morgan fingerprint density at radius 2 is 2.56 bits per heavy atom. The summed E-state index contributed by atoms with van der Waals surface area (Å²) >= 11 is 1.69. The lowest BCUT2D eigenvalue weighted by atomic mass is 10.2. The van der Waals surface area contributed by atoms with Crippen LogP contribution in [0, 0.1) is 6.92 Å². The van der Waals surface area contributed by atoms with Gasteiger partial charge in [-0.15, -0.1) is 11.3 Å². The maximum atomic E-state index is 10.7. The number of carbonyl (C=O) groups is 1. The van der Waals surface area contributed by atoms with Crippen LogP contribution in [-0.4, -0.2) is 53.3 Å². The van der Waals surface area contributed by atoms with E-state index < -0.39 is 5.97 Å². The van der Waals surface area contributed by atoms with Crippen molar-refractivity contribution >= 4 is 17.3 Å². The summed E-state index contributed by atoms with van der Waals surface area (Å²) in [6.07, 6.45) is 0.908. The molecule has 1 N–H and O–H groups in total. The number of hydrogen-bond acceptors (Lipinski definition) is 5. The van der Waals surface area contributed by atoms with E-state index in [1.807, 2.05) is 12.4 Å². The maximum absolute atomic E-state index is 10.7. The monoisotopic (exact) mass is 270 g/mol. The number of aliphatic carboxylic acids is 1. The molecule has 1 aromatic rings. The topological polar surface area (TPSA) is 62.7 Å². The van der Waals surface area contributed by atoms with Gasteiger partial charge >= 0.3 is 5.97 Å². The lowest BCUT2D eigenvalue weighted by Gasteiger charge is -2.32. The SMILES string of the molecule is Cc1ncsc1CCN1CCOC(CC(=O)O)C1. The summed E-state index contributed by atoms with van der Waals surface area (Å²) in [5.74, 6) is -0.792. The fourth-order valence-electron chi connectivity index (χ4n) is 2.13. The number of nitrogens with zero attached hydrogens (tertiary/aromatic N) is 2. The number of carboxylic acids is 1. The maximum Gasteiger partial charge on any atom is 0.306 e. The minimum absolute atomic E-state index is 0.0933. The highest BCUT2D eigenvalue weighted by molar-refractivity contribution is 7.09. The van der Waals surface area contributed by atoms with Gasteiger partial charge in [0.05, 0.1) is 30.3 Å². The average molecular weight is 270 g/mol. The van der Waals surface area contributed by atoms with Crippen LogP contribution >= 0.6 is 11.3 Å². The van der Waals surface area contributed by atoms with E-state index in [1.54, 1.807) is 11.3 Å². The lowest BCUT2D eigenvalue weighted by Crippen LogP contribution is -2.44. The molecule has 18 heavy (non-hydrogen) atoms. The molecular weight excluding hydrogens is 252 g/mol. The van der Waals surface area contributed by atoms with Gasteiger partial charge in [0.2, 0.25) is 0 Å². The molecule has 0 amide bonds. The number of morpholine rings is 1. The summed E-state index contributed by atoms with van der Waals surface area (Å²) in [6.45, 7) is 5.19. The van der Waals surface area contributed by atoms with Crippen molar-refractivity contribution in [2.45, 2.75) is 25.9 Å². The summed E-state index contributed by atoms with van der Waals surface area (Å²) < 4.78 is 5.45. The molecule has 5 nitrogen and oxygen atoms in total. The summed E-state index contributed by atoms with van der Waals surface area (Å²) in [7, 11) is 0. The molecule has 0 radical (unpaired) electrons. The number of aromatic nitrogens is 1. The Hall–Kier alpha value is -0.980. The third-order valence-electron chi connectivity index (χ3n) is 3.13. The molecule has 0 bridgehead atoms. The van der Waals surface area contributed by atoms with Gasteiger partial charge in [-0.25, -0.2) is 4.98 Å². The van der Waals surface area contributed by atoms with Gasteiger partial charge in [0.15, 0.2) is 0 Å². The zero-order chi connectivity index (χ0) is 13.0. The standard InChI is InChI=1S/C12H18N2O3S/c1-9-11(18-8-13-9)2-3-14-4-5-17-10(7-14)6-12(15)16/h8,10H,2-7H2,1H3,(H,15,16). The van der Waals surface area contributed by atoms with Crippen molar-refractivity contribution in [3.63, 3.8) is 0 Å². The minimum atomic E-state index is -0.792. The van der Waals surface area contributed by atoms with Gasteiger partial charge in [-0.3, -0.25) is 9.69 Å². The van der Waals surface area contributed by atoms with E-state index in [2.05, 4.69) is 9.88 Å². The second-order valence-electron chi connectivity index (χ2n) is 4.50. The fraction of sp³-hybridized carbons (Fsp3) is 0.667. The van der Waals surface area contributed by atoms with Crippen LogP contribution < -0.4 is 0 Å². The zero-order valence-electron chi connectivity index (χ0n) is 10.5. The predicted molar refractivity (Wildman–Crippen MR) is 69.0 cm³/mol. The van der Waals surface area contributed by atoms with E-state index in [-0.39, 0.29) is 12.5 Å². The van der Waals surface area contributed by atoms with Crippen LogP contribution in [0.3, 0.4) is 0 Å². The summed E-state index contributed by atoms with van der Waals surface area (Å²) in [6, 6.07) is 0. The van der Waals surface area contributed by atoms with E-state index in [9.17, 15) is 4.79 Å². The number of carboxylic acid groups (broad SMARTS) is 1. The Morgan fingerprint density at radius 3 is 3.22 bits per heavy atom. The van der Waals surface area contributed by atoms with E-state index in [4.69, 9.17) is 9.84 Å². The molecule has 2 heterocycles. The van der Waals surface area contributed by atoms with Crippen LogP contribution in [0.4, 0.5) is 0 Å². The minimum Gasteiger partial charge on any atom is -0.481 e. The van der Waals surface area contributed by atoms with Gasteiger partial charge in [-0.1, -0.05) is 0 Å². The molecular formula is C12H18N2O3S. The van der Waals surface area contributed by atoms with E-state index >= 15 is 0 Å². The first-order valence-electron chi connectivity index (χ1n) is 6.10. The van der Waals surface area contributed by atoms with Crippen molar-refractivity contribution in [3.05, 3.63) is 16.1 Å². The van der Waals surface area contributed by atoms with Crippen LogP contribution in [0.1, 0.15) is 17.0 Å². The third-order valence-corrected chi connectivity index (χ3v) is 4.12. The number of aryl methyl sites for hydroxylation is 1. The van der Waals surface area contributed by atoms with Crippen molar-refractivity contribution in [1.82, 2.24) is 9.88 Å². The molecule has 1 atom stereocenters. The first-order chi connectivity index (χ1) is 8.65. The van der Waals surface area contributed by atoms with E-state index in [0.29, 0.717) is 13.2 Å². The molecule has 0 aliphatic carbocycles. The molecule has 1 fully saturated rings. The second kappa shape index (κ2) is 6.26. The van der Waals surface area contributed by atoms with Crippen LogP contribution in [0.15, 0.2) is 5.51 Å². The molecule has 0 aromatic carbocycles. The van der Waals surface area contributed by atoms with Crippen LogP contribution in [0.25, 0.3) is 0 Å². The molecule has 1 aromatic heterocycles. The van der Waals surface area contributed by atoms with Crippen molar-refractivity contribution in [1.29, 1.82) is 0 Å². The van der Waals surface area contributed by atoms with Gasteiger partial charge < -0.3 is 9.84 Å². The first kappa shape index (κ1) is 13.5. The van der Waals surface area contributed by atoms with Gasteiger partial charge in [0.1, 0.15) is 0 Å².